The Bertz CT molecular complexity index is 2040. The maximum Gasteiger partial charge on any atom is 0.315 e. The Hall–Kier alpha value is -5.29. The van der Waals surface area contributed by atoms with Crippen LogP contribution in [0.15, 0.2) is 52.5 Å². The number of phenolic OH excluding ortho intramolecular Hbond substituents is 1. The van der Waals surface area contributed by atoms with E-state index in [9.17, 15) is 49.5 Å². The van der Waals surface area contributed by atoms with Crippen LogP contribution in [0.25, 0.3) is 5.57 Å². The number of ether oxygens (including phenoxy) is 5. The number of methoxy groups -OCH3 is 1. The van der Waals surface area contributed by atoms with Gasteiger partial charge >= 0.3 is 17.9 Å². The topological polar surface area (TPSA) is 245 Å². The fraction of sp³-hybridized carbons (Fsp3) is 0.500. The van der Waals surface area contributed by atoms with Gasteiger partial charge in [0.15, 0.2) is 11.5 Å². The van der Waals surface area contributed by atoms with Gasteiger partial charge in [0, 0.05) is 53.9 Å². The largest absolute Gasteiger partial charge is 0.505 e. The van der Waals surface area contributed by atoms with E-state index in [0.29, 0.717) is 0 Å². The summed E-state index contributed by atoms with van der Waals surface area (Å²) in [6.45, 7) is 13.4. The third kappa shape index (κ3) is 8.74. The molecule has 58 heavy (non-hydrogen) atoms. The minimum atomic E-state index is -2.22. The van der Waals surface area contributed by atoms with Crippen molar-refractivity contribution in [2.24, 2.45) is 23.7 Å². The molecule has 4 bridgehead atoms. The van der Waals surface area contributed by atoms with Gasteiger partial charge in [-0.2, -0.15) is 0 Å². The summed E-state index contributed by atoms with van der Waals surface area (Å²) in [5, 5.41) is 61.2. The van der Waals surface area contributed by atoms with Crippen LogP contribution in [0.2, 0.25) is 0 Å². The first kappa shape index (κ1) is 45.4. The number of ketones is 1. The van der Waals surface area contributed by atoms with Gasteiger partial charge in [0.05, 0.1) is 42.2 Å². The molecule has 1 aliphatic carbocycles. The first-order valence-electron chi connectivity index (χ1n) is 18.7. The van der Waals surface area contributed by atoms with E-state index < -0.39 is 95.8 Å². The van der Waals surface area contributed by atoms with Gasteiger partial charge in [-0.05, 0) is 46.3 Å². The second-order valence-corrected chi connectivity index (χ2v) is 15.3. The maximum absolute atomic E-state index is 14.0. The van der Waals surface area contributed by atoms with E-state index in [4.69, 9.17) is 23.7 Å². The molecule has 1 aromatic rings. The van der Waals surface area contributed by atoms with E-state index in [-0.39, 0.29) is 61.9 Å². The van der Waals surface area contributed by atoms with Crippen molar-refractivity contribution >= 4 is 40.9 Å². The molecule has 0 spiro atoms. The van der Waals surface area contributed by atoms with Gasteiger partial charge in [0.1, 0.15) is 34.9 Å². The first-order valence-corrected chi connectivity index (χ1v) is 18.7. The molecule has 4 aliphatic rings. The Morgan fingerprint density at radius 3 is 2.10 bits per heavy atom. The smallest absolute Gasteiger partial charge is 0.315 e. The van der Waals surface area contributed by atoms with E-state index in [1.165, 1.54) is 66.7 Å². The fourth-order valence-corrected chi connectivity index (χ4v) is 7.63. The lowest BCUT2D eigenvalue weighted by Crippen LogP contribution is -2.54. The highest BCUT2D eigenvalue weighted by atomic mass is 16.7. The zero-order chi connectivity index (χ0) is 43.7. The lowest BCUT2D eigenvalue weighted by Gasteiger charge is -2.40. The number of aromatic hydroxyl groups is 1. The highest BCUT2D eigenvalue weighted by molar-refractivity contribution is 6.21. The number of Topliss-reactive ketones (excluding diaryl/α,β-unsaturated/α-hetero) is 1. The number of fused-ring (bicyclic) bond motifs is 14. The number of amides is 1. The van der Waals surface area contributed by atoms with Crippen molar-refractivity contribution < 1.29 is 73.2 Å². The Labute approximate surface area is 336 Å². The van der Waals surface area contributed by atoms with Crippen molar-refractivity contribution in [1.29, 1.82) is 0 Å². The van der Waals surface area contributed by atoms with Crippen LogP contribution in [-0.2, 0) is 38.1 Å². The number of allylic oxidation sites excluding steroid dienone is 5. The van der Waals surface area contributed by atoms with Gasteiger partial charge in [-0.3, -0.25) is 24.0 Å². The highest BCUT2D eigenvalue weighted by Crippen LogP contribution is 2.53. The van der Waals surface area contributed by atoms with Crippen LogP contribution >= 0.6 is 0 Å². The minimum absolute atomic E-state index is 0.00972. The van der Waals surface area contributed by atoms with Crippen molar-refractivity contribution in [2.75, 3.05) is 19.2 Å². The molecule has 3 heterocycles. The summed E-state index contributed by atoms with van der Waals surface area (Å²) >= 11 is 0. The summed E-state index contributed by atoms with van der Waals surface area (Å²) < 4.78 is 28.0. The monoisotopic (exact) mass is 811 g/mol. The molecule has 5 rings (SSSR count). The number of aliphatic hydroxyl groups is 4. The number of anilines is 1. The number of carbonyl (C=O) groups is 5. The average Bonchev–Trinajstić information content (AvgIpc) is 3.16. The van der Waals surface area contributed by atoms with Gasteiger partial charge in [0.25, 0.3) is 5.91 Å². The van der Waals surface area contributed by atoms with Gasteiger partial charge in [-0.1, -0.05) is 39.0 Å². The Morgan fingerprint density at radius 1 is 0.897 bits per heavy atom. The van der Waals surface area contributed by atoms with Crippen LogP contribution in [0.1, 0.15) is 83.8 Å². The van der Waals surface area contributed by atoms with E-state index in [2.05, 4.69) is 5.32 Å². The molecule has 16 heteroatoms. The molecule has 3 aliphatic heterocycles. The number of rotatable bonds is 3. The third-order valence-electron chi connectivity index (χ3n) is 10.9. The van der Waals surface area contributed by atoms with Crippen molar-refractivity contribution in [3.8, 4) is 11.5 Å². The lowest BCUT2D eigenvalue weighted by atomic mass is 9.75. The van der Waals surface area contributed by atoms with E-state index in [1.807, 2.05) is 0 Å². The normalized spacial score (nSPS) is 32.1. The number of nitrogens with one attached hydrogen (secondary N) is 1. The molecule has 1 amide bonds. The quantitative estimate of drug-likeness (QED) is 0.145. The summed E-state index contributed by atoms with van der Waals surface area (Å²) in [6.07, 6.45) is -0.811. The molecule has 1 aromatic carbocycles. The van der Waals surface area contributed by atoms with Gasteiger partial charge in [-0.15, -0.1) is 0 Å². The van der Waals surface area contributed by atoms with Crippen molar-refractivity contribution in [3.63, 3.8) is 0 Å². The molecule has 1 unspecified atom stereocenters. The molecule has 0 fully saturated rings. The summed E-state index contributed by atoms with van der Waals surface area (Å²) in [4.78, 5) is 66.1. The molecule has 0 saturated carbocycles. The number of hydrogen-bond donors (Lipinski definition) is 6. The van der Waals surface area contributed by atoms with E-state index in [0.717, 1.165) is 21.0 Å². The summed E-state index contributed by atoms with van der Waals surface area (Å²) in [7, 11) is 1.06. The Kier molecular flexibility index (Phi) is 13.8. The number of benzene rings is 1. The fourth-order valence-electron chi connectivity index (χ4n) is 7.63. The standard InChI is InChI=1S/C42H53NO15/c1-17-13-12-14-18(2)40(51)43-30-20(4)37(57-24(8)44)26-27(34(30)49)33(48)22(6)36-28(26)35(55-16-56-36)19(3)15-42(10,53)39(50)23(7)38(58-25(9)45)29(41(52)54-11)32(47)21(5)31(17)46/h12-15,17,21,23,29,31-32,38-39,46-47,49-50,53H,16H2,1-11H3,(H,43,51)/b13-12-,18-14+,19-15+/t17-,21-,23+,29-,31+,32-,38?,39+,42+/m1/s1. The summed E-state index contributed by atoms with van der Waals surface area (Å²) in [6, 6.07) is 0. The maximum atomic E-state index is 14.0. The lowest BCUT2D eigenvalue weighted by molar-refractivity contribution is -0.181. The van der Waals surface area contributed by atoms with Crippen molar-refractivity contribution in [2.45, 2.75) is 99.3 Å². The predicted molar refractivity (Wildman–Crippen MR) is 208 cm³/mol. The van der Waals surface area contributed by atoms with Crippen molar-refractivity contribution in [3.05, 3.63) is 69.2 Å². The molecule has 9 atom stereocenters. The van der Waals surface area contributed by atoms with Crippen LogP contribution in [0, 0.1) is 30.6 Å². The SMILES string of the molecule is COC(=O)[C@H]1C(OC(C)=O)[C@H](C)[C@H](O)[C@@](C)(O)/C=C(\C)C2=C3C(=C(C)C(=O)c4c(O)c(c(C)c(OC(C)=O)c43)NC(=O)/C(C)=C/C=C\[C@@H](C)[C@H](O)[C@@H](C)[C@H]1O)OCO2. The number of phenols is 1. The molecule has 0 saturated heterocycles. The molecule has 0 aromatic heterocycles. The average molecular weight is 812 g/mol. The van der Waals surface area contributed by atoms with Crippen LogP contribution in [0.3, 0.4) is 0 Å². The van der Waals surface area contributed by atoms with Crippen LogP contribution in [0.4, 0.5) is 5.69 Å². The Morgan fingerprint density at radius 2 is 1.52 bits per heavy atom. The van der Waals surface area contributed by atoms with E-state index >= 15 is 0 Å². The zero-order valence-electron chi connectivity index (χ0n) is 34.5. The van der Waals surface area contributed by atoms with Gasteiger partial charge < -0.3 is 54.5 Å². The highest BCUT2D eigenvalue weighted by Gasteiger charge is 2.49. The first-order chi connectivity index (χ1) is 27.0. The molecular weight excluding hydrogens is 758 g/mol. The summed E-state index contributed by atoms with van der Waals surface area (Å²) in [5.41, 5.74) is -2.49. The number of aliphatic hydroxyl groups excluding tert-OH is 3. The van der Waals surface area contributed by atoms with Crippen LogP contribution < -0.4 is 10.1 Å². The van der Waals surface area contributed by atoms with Crippen LogP contribution in [-0.4, -0.2) is 99.1 Å². The third-order valence-corrected chi connectivity index (χ3v) is 10.9. The number of esters is 3. The van der Waals surface area contributed by atoms with Crippen molar-refractivity contribution in [1.82, 2.24) is 0 Å². The predicted octanol–water partition coefficient (Wildman–Crippen LogP) is 3.68. The minimum Gasteiger partial charge on any atom is -0.505 e. The molecular formula is C42H53NO15. The Balaban J connectivity index is 2.10. The van der Waals surface area contributed by atoms with Gasteiger partial charge in [0.2, 0.25) is 6.79 Å². The van der Waals surface area contributed by atoms with Gasteiger partial charge in [-0.25, -0.2) is 0 Å². The van der Waals surface area contributed by atoms with E-state index in [1.54, 1.807) is 13.0 Å². The number of hydrogen-bond acceptors (Lipinski definition) is 15. The molecule has 316 valence electrons. The second kappa shape index (κ2) is 17.7. The molecule has 6 N–H and O–H groups in total. The molecule has 0 radical (unpaired) electrons. The zero-order valence-corrected chi connectivity index (χ0v) is 34.5. The number of carbonyl (C=O) groups excluding carboxylic acids is 5. The molecule has 16 nitrogen and oxygen atoms in total. The summed E-state index contributed by atoms with van der Waals surface area (Å²) in [5.74, 6) is -9.71. The van der Waals surface area contributed by atoms with Crippen LogP contribution in [0.5, 0.6) is 11.5 Å². The second-order valence-electron chi connectivity index (χ2n) is 15.3.